The van der Waals surface area contributed by atoms with Gasteiger partial charge in [-0.3, -0.25) is 0 Å². The highest BCUT2D eigenvalue weighted by Crippen LogP contribution is 2.29. The lowest BCUT2D eigenvalue weighted by Gasteiger charge is -2.09. The second-order valence-corrected chi connectivity index (χ2v) is 6.18. The summed E-state index contributed by atoms with van der Waals surface area (Å²) in [4.78, 5) is 4.33. The number of benzene rings is 2. The average molecular weight is 402 g/mol. The molecule has 0 spiro atoms. The average Bonchev–Trinajstić information content (AvgIpc) is 3.12. The molecule has 2 aromatic heterocycles. The number of anilines is 1. The summed E-state index contributed by atoms with van der Waals surface area (Å²) in [6, 6.07) is 13.4. The fourth-order valence-corrected chi connectivity index (χ4v) is 2.86. The molecule has 0 atom stereocenters. The predicted octanol–water partition coefficient (Wildman–Crippen LogP) is 5.05. The van der Waals surface area contributed by atoms with E-state index in [-0.39, 0.29) is 11.6 Å². The lowest BCUT2D eigenvalue weighted by molar-refractivity contribution is -0.274. The van der Waals surface area contributed by atoms with Crippen molar-refractivity contribution >= 4 is 11.5 Å². The number of alkyl halides is 3. The van der Waals surface area contributed by atoms with Gasteiger partial charge in [-0.25, -0.2) is 9.37 Å². The number of hydrogen-bond acceptors (Lipinski definition) is 4. The Hall–Kier alpha value is -3.62. The molecule has 0 saturated carbocycles. The topological polar surface area (TPSA) is 51.5 Å². The second-order valence-electron chi connectivity index (χ2n) is 6.18. The molecule has 0 bridgehead atoms. The SMILES string of the molecule is Fc1ccc(CNc2ccnc3c(-c4ccc(OC(F)(F)F)cc4)cnn23)cc1. The van der Waals surface area contributed by atoms with Crippen LogP contribution in [-0.2, 0) is 6.54 Å². The van der Waals surface area contributed by atoms with Crippen molar-refractivity contribution < 1.29 is 22.3 Å². The van der Waals surface area contributed by atoms with Gasteiger partial charge in [-0.1, -0.05) is 24.3 Å². The fraction of sp³-hybridized carbons (Fsp3) is 0.100. The first kappa shape index (κ1) is 18.7. The van der Waals surface area contributed by atoms with Crippen molar-refractivity contribution in [3.8, 4) is 16.9 Å². The maximum Gasteiger partial charge on any atom is 0.573 e. The van der Waals surface area contributed by atoms with Gasteiger partial charge in [0.1, 0.15) is 17.4 Å². The van der Waals surface area contributed by atoms with Gasteiger partial charge in [-0.15, -0.1) is 13.2 Å². The Kier molecular flexibility index (Phi) is 4.79. The quantitative estimate of drug-likeness (QED) is 0.475. The van der Waals surface area contributed by atoms with Crippen molar-refractivity contribution in [2.24, 2.45) is 0 Å². The molecule has 9 heteroatoms. The van der Waals surface area contributed by atoms with E-state index >= 15 is 0 Å². The van der Waals surface area contributed by atoms with Gasteiger partial charge in [0, 0.05) is 18.3 Å². The van der Waals surface area contributed by atoms with Crippen LogP contribution < -0.4 is 10.1 Å². The highest BCUT2D eigenvalue weighted by atomic mass is 19.4. The van der Waals surface area contributed by atoms with Gasteiger partial charge in [0.05, 0.1) is 6.20 Å². The monoisotopic (exact) mass is 402 g/mol. The maximum absolute atomic E-state index is 13.0. The zero-order valence-electron chi connectivity index (χ0n) is 14.8. The van der Waals surface area contributed by atoms with E-state index < -0.39 is 6.36 Å². The zero-order chi connectivity index (χ0) is 20.4. The summed E-state index contributed by atoms with van der Waals surface area (Å²) in [5.41, 5.74) is 2.74. The van der Waals surface area contributed by atoms with Gasteiger partial charge in [0.15, 0.2) is 5.65 Å². The molecule has 5 nitrogen and oxygen atoms in total. The summed E-state index contributed by atoms with van der Waals surface area (Å²) >= 11 is 0. The molecule has 4 rings (SSSR count). The molecule has 0 unspecified atom stereocenters. The molecular weight excluding hydrogens is 388 g/mol. The number of ether oxygens (including phenoxy) is 1. The standard InChI is InChI=1S/C20H14F4N4O/c21-15-5-1-13(2-6-15)11-26-18-9-10-25-19-17(12-27-28(18)19)14-3-7-16(8-4-14)29-20(22,23)24/h1-10,12,26H,11H2. The second kappa shape index (κ2) is 7.42. The summed E-state index contributed by atoms with van der Waals surface area (Å²) < 4.78 is 55.4. The van der Waals surface area contributed by atoms with E-state index in [0.717, 1.165) is 5.56 Å². The van der Waals surface area contributed by atoms with Gasteiger partial charge >= 0.3 is 6.36 Å². The van der Waals surface area contributed by atoms with Crippen LogP contribution in [-0.4, -0.2) is 21.0 Å². The van der Waals surface area contributed by atoms with E-state index in [1.165, 1.54) is 36.4 Å². The predicted molar refractivity (Wildman–Crippen MR) is 98.8 cm³/mol. The minimum absolute atomic E-state index is 0.299. The van der Waals surface area contributed by atoms with Gasteiger partial charge in [0.25, 0.3) is 0 Å². The number of aromatic nitrogens is 3. The number of fused-ring (bicyclic) bond motifs is 1. The van der Waals surface area contributed by atoms with E-state index in [0.29, 0.717) is 29.1 Å². The van der Waals surface area contributed by atoms with E-state index in [9.17, 15) is 17.6 Å². The molecule has 2 heterocycles. The van der Waals surface area contributed by atoms with Crippen LogP contribution in [0.2, 0.25) is 0 Å². The van der Waals surface area contributed by atoms with Crippen LogP contribution in [0.25, 0.3) is 16.8 Å². The van der Waals surface area contributed by atoms with Crippen LogP contribution >= 0.6 is 0 Å². The van der Waals surface area contributed by atoms with Crippen molar-refractivity contribution in [2.45, 2.75) is 12.9 Å². The van der Waals surface area contributed by atoms with Crippen LogP contribution in [0, 0.1) is 5.82 Å². The number of hydrogen-bond donors (Lipinski definition) is 1. The summed E-state index contributed by atoms with van der Waals surface area (Å²) in [7, 11) is 0. The molecule has 1 N–H and O–H groups in total. The third-order valence-corrected chi connectivity index (χ3v) is 4.19. The van der Waals surface area contributed by atoms with Crippen molar-refractivity contribution in [3.05, 3.63) is 78.4 Å². The fourth-order valence-electron chi connectivity index (χ4n) is 2.86. The van der Waals surface area contributed by atoms with E-state index in [4.69, 9.17) is 0 Å². The third-order valence-electron chi connectivity index (χ3n) is 4.19. The maximum atomic E-state index is 13.0. The van der Waals surface area contributed by atoms with Crippen molar-refractivity contribution in [2.75, 3.05) is 5.32 Å². The minimum atomic E-state index is -4.74. The zero-order valence-corrected chi connectivity index (χ0v) is 14.8. The van der Waals surface area contributed by atoms with E-state index in [1.54, 1.807) is 35.1 Å². The first-order valence-electron chi connectivity index (χ1n) is 8.56. The summed E-state index contributed by atoms with van der Waals surface area (Å²) in [5, 5.41) is 7.54. The Morgan fingerprint density at radius 2 is 1.69 bits per heavy atom. The first-order valence-corrected chi connectivity index (χ1v) is 8.56. The molecule has 0 amide bonds. The molecule has 0 aliphatic heterocycles. The Morgan fingerprint density at radius 3 is 2.38 bits per heavy atom. The molecule has 0 fully saturated rings. The molecule has 0 saturated heterocycles. The Morgan fingerprint density at radius 1 is 0.966 bits per heavy atom. The van der Waals surface area contributed by atoms with Crippen LogP contribution in [0.15, 0.2) is 67.0 Å². The molecule has 0 aliphatic rings. The molecular formula is C20H14F4N4O. The number of nitrogens with one attached hydrogen (secondary N) is 1. The van der Waals surface area contributed by atoms with Gasteiger partial charge in [0.2, 0.25) is 0 Å². The van der Waals surface area contributed by atoms with Crippen LogP contribution in [0.1, 0.15) is 5.56 Å². The third kappa shape index (κ3) is 4.29. The number of rotatable bonds is 5. The van der Waals surface area contributed by atoms with Crippen molar-refractivity contribution in [1.82, 2.24) is 14.6 Å². The normalized spacial score (nSPS) is 11.6. The molecule has 2 aromatic carbocycles. The van der Waals surface area contributed by atoms with Crippen molar-refractivity contribution in [3.63, 3.8) is 0 Å². The lowest BCUT2D eigenvalue weighted by Crippen LogP contribution is -2.16. The van der Waals surface area contributed by atoms with Crippen LogP contribution in [0.5, 0.6) is 5.75 Å². The lowest BCUT2D eigenvalue weighted by atomic mass is 10.1. The van der Waals surface area contributed by atoms with Gasteiger partial charge in [-0.05, 0) is 41.5 Å². The highest BCUT2D eigenvalue weighted by Gasteiger charge is 2.31. The van der Waals surface area contributed by atoms with E-state index in [1.807, 2.05) is 0 Å². The summed E-state index contributed by atoms with van der Waals surface area (Å²) in [6.45, 7) is 0.456. The van der Waals surface area contributed by atoms with Crippen molar-refractivity contribution in [1.29, 1.82) is 0 Å². The molecule has 4 aromatic rings. The molecule has 0 radical (unpaired) electrons. The first-order chi connectivity index (χ1) is 13.9. The summed E-state index contributed by atoms with van der Waals surface area (Å²) in [6.07, 6.45) is -1.54. The molecule has 29 heavy (non-hydrogen) atoms. The largest absolute Gasteiger partial charge is 0.573 e. The Bertz CT molecular complexity index is 1120. The number of nitrogens with zero attached hydrogens (tertiary/aromatic N) is 3. The van der Waals surface area contributed by atoms with Crippen LogP contribution in [0.3, 0.4) is 0 Å². The Balaban J connectivity index is 1.57. The van der Waals surface area contributed by atoms with Crippen LogP contribution in [0.4, 0.5) is 23.4 Å². The molecule has 148 valence electrons. The molecule has 0 aliphatic carbocycles. The number of halogens is 4. The smallest absolute Gasteiger partial charge is 0.406 e. The summed E-state index contributed by atoms with van der Waals surface area (Å²) in [5.74, 6) is 0.0679. The Labute approximate surface area is 162 Å². The van der Waals surface area contributed by atoms with E-state index in [2.05, 4.69) is 20.1 Å². The van der Waals surface area contributed by atoms with Gasteiger partial charge < -0.3 is 10.1 Å². The highest BCUT2D eigenvalue weighted by molar-refractivity contribution is 5.78. The van der Waals surface area contributed by atoms with Gasteiger partial charge in [-0.2, -0.15) is 9.61 Å². The minimum Gasteiger partial charge on any atom is -0.406 e.